The Bertz CT molecular complexity index is 552. The van der Waals surface area contributed by atoms with Crippen molar-refractivity contribution in [3.8, 4) is 0 Å². The first-order chi connectivity index (χ1) is 12.7. The van der Waals surface area contributed by atoms with Gasteiger partial charge in [0, 0.05) is 6.42 Å². The molecule has 0 aliphatic rings. The maximum absolute atomic E-state index is 10.8. The minimum Gasteiger partial charge on any atom is -0.291 e. The van der Waals surface area contributed by atoms with E-state index in [4.69, 9.17) is 0 Å². The van der Waals surface area contributed by atoms with Crippen molar-refractivity contribution in [3.63, 3.8) is 0 Å². The summed E-state index contributed by atoms with van der Waals surface area (Å²) in [6.07, 6.45) is 29.8. The molecule has 0 spiro atoms. The second-order valence-corrected chi connectivity index (χ2v) is 5.55. The Morgan fingerprint density at radius 3 is 1.73 bits per heavy atom. The van der Waals surface area contributed by atoms with Gasteiger partial charge in [0.05, 0.1) is 11.3 Å². The van der Waals surface area contributed by atoms with Crippen LogP contribution in [-0.4, -0.2) is 11.2 Å². The average molecular weight is 356 g/mol. The summed E-state index contributed by atoms with van der Waals surface area (Å²) in [5.74, 6) is 0. The van der Waals surface area contributed by atoms with E-state index in [1.54, 1.807) is 6.08 Å². The number of allylic oxidation sites excluding steroid dienone is 11. The Morgan fingerprint density at radius 2 is 1.31 bits per heavy atom. The molecule has 0 aromatic heterocycles. The number of carbonyl (C=O) groups excluding carboxylic acids is 1. The minimum atomic E-state index is -0.314. The van der Waals surface area contributed by atoms with E-state index in [9.17, 15) is 14.9 Å². The lowest BCUT2D eigenvalue weighted by Crippen LogP contribution is -1.96. The van der Waals surface area contributed by atoms with E-state index in [1.165, 1.54) is 0 Å². The molecule has 0 atom stereocenters. The van der Waals surface area contributed by atoms with E-state index in [1.807, 2.05) is 31.4 Å². The van der Waals surface area contributed by atoms with Crippen LogP contribution in [0.25, 0.3) is 0 Å². The number of rotatable bonds is 15. The second-order valence-electron chi connectivity index (χ2n) is 5.55. The molecule has 0 aromatic carbocycles. The highest BCUT2D eigenvalue weighted by atomic mass is 16.6. The predicted octanol–water partition coefficient (Wildman–Crippen LogP) is 6.18. The van der Waals surface area contributed by atoms with E-state index >= 15 is 0 Å². The zero-order valence-electron chi connectivity index (χ0n) is 15.7. The Kier molecular flexibility index (Phi) is 17.0. The average Bonchev–Trinajstić information content (AvgIpc) is 2.63. The second kappa shape index (κ2) is 18.8. The summed E-state index contributed by atoms with van der Waals surface area (Å²) in [4.78, 5) is 20.4. The number of hydrogen-bond acceptors (Lipinski definition) is 3. The third-order valence-corrected chi connectivity index (χ3v) is 3.34. The highest BCUT2D eigenvalue weighted by Gasteiger charge is 2.05. The third-order valence-electron chi connectivity index (χ3n) is 3.34. The zero-order valence-corrected chi connectivity index (χ0v) is 15.7. The first-order valence-corrected chi connectivity index (χ1v) is 9.15. The first-order valence-electron chi connectivity index (χ1n) is 9.15. The molecule has 141 valence electrons. The van der Waals surface area contributed by atoms with E-state index in [0.29, 0.717) is 19.3 Å². The largest absolute Gasteiger partial charge is 0.291 e. The highest BCUT2D eigenvalue weighted by Crippen LogP contribution is 2.05. The zero-order chi connectivity index (χ0) is 19.3. The van der Waals surface area contributed by atoms with E-state index in [-0.39, 0.29) is 10.6 Å². The van der Waals surface area contributed by atoms with Crippen molar-refractivity contribution in [2.45, 2.75) is 58.3 Å². The number of nitrogens with zero attached hydrogens (tertiary/aromatic N) is 1. The van der Waals surface area contributed by atoms with Crippen molar-refractivity contribution in [2.24, 2.45) is 0 Å². The molecule has 0 aromatic rings. The van der Waals surface area contributed by atoms with E-state index in [0.717, 1.165) is 32.1 Å². The SMILES string of the molecule is CC/C=C(/C/C=C/C/C=C/C/C=C/C/C=C/C/C=C/CC[C]=O)[N+](=O)[O-]. The molecule has 4 nitrogen and oxygen atoms in total. The molecule has 0 saturated heterocycles. The van der Waals surface area contributed by atoms with E-state index < -0.39 is 0 Å². The molecule has 0 aliphatic carbocycles. The van der Waals surface area contributed by atoms with Crippen molar-refractivity contribution in [1.82, 2.24) is 0 Å². The number of nitro groups is 1. The summed E-state index contributed by atoms with van der Waals surface area (Å²) in [6.45, 7) is 1.90. The summed E-state index contributed by atoms with van der Waals surface area (Å²) in [5, 5.41) is 10.8. The lowest BCUT2D eigenvalue weighted by Gasteiger charge is -1.92. The molecule has 0 heterocycles. The van der Waals surface area contributed by atoms with Gasteiger partial charge in [-0.3, -0.25) is 14.9 Å². The monoisotopic (exact) mass is 356 g/mol. The van der Waals surface area contributed by atoms with Crippen LogP contribution in [0.5, 0.6) is 0 Å². The van der Waals surface area contributed by atoms with Crippen LogP contribution in [0.1, 0.15) is 58.3 Å². The van der Waals surface area contributed by atoms with Gasteiger partial charge >= 0.3 is 0 Å². The van der Waals surface area contributed by atoms with Crippen LogP contribution in [0.15, 0.2) is 72.5 Å². The molecular weight excluding hydrogens is 326 g/mol. The topological polar surface area (TPSA) is 60.2 Å². The van der Waals surface area contributed by atoms with Gasteiger partial charge in [0.25, 0.3) is 0 Å². The fourth-order valence-electron chi connectivity index (χ4n) is 2.02. The molecule has 4 heteroatoms. The molecule has 0 amide bonds. The van der Waals surface area contributed by atoms with Crippen LogP contribution in [0.3, 0.4) is 0 Å². The maximum atomic E-state index is 10.8. The Morgan fingerprint density at radius 1 is 0.846 bits per heavy atom. The quantitative estimate of drug-likeness (QED) is 0.152. The number of hydrogen-bond donors (Lipinski definition) is 0. The Balaban J connectivity index is 3.74. The maximum Gasteiger partial charge on any atom is 0.246 e. The molecule has 0 saturated carbocycles. The van der Waals surface area contributed by atoms with Crippen LogP contribution in [-0.2, 0) is 4.79 Å². The van der Waals surface area contributed by atoms with Crippen molar-refractivity contribution >= 4 is 6.29 Å². The van der Waals surface area contributed by atoms with Gasteiger partial charge in [-0.1, -0.05) is 67.7 Å². The first kappa shape index (κ1) is 23.5. The lowest BCUT2D eigenvalue weighted by molar-refractivity contribution is -0.427. The molecular formula is C22H30NO3. The summed E-state index contributed by atoms with van der Waals surface area (Å²) in [5.41, 5.74) is 0.263. The van der Waals surface area contributed by atoms with Crippen LogP contribution in [0.4, 0.5) is 0 Å². The van der Waals surface area contributed by atoms with Gasteiger partial charge in [-0.05, 0) is 44.6 Å². The predicted molar refractivity (Wildman–Crippen MR) is 109 cm³/mol. The Hall–Kier alpha value is -2.49. The van der Waals surface area contributed by atoms with Gasteiger partial charge in [0.15, 0.2) is 6.29 Å². The molecule has 0 unspecified atom stereocenters. The third kappa shape index (κ3) is 16.4. The van der Waals surface area contributed by atoms with Gasteiger partial charge in [-0.2, -0.15) is 0 Å². The molecule has 0 fully saturated rings. The van der Waals surface area contributed by atoms with Crippen LogP contribution in [0, 0.1) is 10.1 Å². The summed E-state index contributed by atoms with van der Waals surface area (Å²) in [7, 11) is 0. The van der Waals surface area contributed by atoms with Crippen molar-refractivity contribution < 1.29 is 9.72 Å². The normalized spacial score (nSPS) is 13.2. The molecule has 26 heavy (non-hydrogen) atoms. The minimum absolute atomic E-state index is 0.263. The Labute approximate surface area is 157 Å². The fraction of sp³-hybridized carbons (Fsp3) is 0.409. The molecule has 0 rings (SSSR count). The van der Waals surface area contributed by atoms with Crippen LogP contribution < -0.4 is 0 Å². The van der Waals surface area contributed by atoms with E-state index in [2.05, 4.69) is 42.5 Å². The van der Waals surface area contributed by atoms with Crippen LogP contribution >= 0.6 is 0 Å². The molecule has 0 bridgehead atoms. The summed E-state index contributed by atoms with van der Waals surface area (Å²) < 4.78 is 0. The van der Waals surface area contributed by atoms with Crippen molar-refractivity contribution in [2.75, 3.05) is 0 Å². The van der Waals surface area contributed by atoms with Gasteiger partial charge < -0.3 is 0 Å². The summed E-state index contributed by atoms with van der Waals surface area (Å²) in [6, 6.07) is 0. The number of unbranched alkanes of at least 4 members (excludes halogenated alkanes) is 1. The molecule has 0 N–H and O–H groups in total. The van der Waals surface area contributed by atoms with Gasteiger partial charge in [-0.25, -0.2) is 0 Å². The standard InChI is InChI=1S/C22H30NO3/c1-2-19-22(23(25)26)20-17-15-13-11-9-7-5-3-4-6-8-10-12-14-16-18-21-24/h3,5-6,8-9,11-12,14-15,17,19H,2,4,7,10,13,16,18,20H2,1H3/b5-3+,8-6+,11-9+,14-12+,17-15+,22-19-. The van der Waals surface area contributed by atoms with Gasteiger partial charge in [0.2, 0.25) is 5.70 Å². The smallest absolute Gasteiger partial charge is 0.246 e. The molecule has 0 aliphatic heterocycles. The van der Waals surface area contributed by atoms with Gasteiger partial charge in [-0.15, -0.1) is 0 Å². The fourth-order valence-corrected chi connectivity index (χ4v) is 2.02. The van der Waals surface area contributed by atoms with Crippen molar-refractivity contribution in [3.05, 3.63) is 82.6 Å². The lowest BCUT2D eigenvalue weighted by atomic mass is 10.2. The summed E-state index contributed by atoms with van der Waals surface area (Å²) >= 11 is 0. The highest BCUT2D eigenvalue weighted by molar-refractivity contribution is 5.50. The van der Waals surface area contributed by atoms with Crippen molar-refractivity contribution in [1.29, 1.82) is 0 Å². The van der Waals surface area contributed by atoms with Crippen LogP contribution in [0.2, 0.25) is 0 Å². The molecule has 1 radical (unpaired) electrons. The van der Waals surface area contributed by atoms with Gasteiger partial charge in [0.1, 0.15) is 0 Å².